The summed E-state index contributed by atoms with van der Waals surface area (Å²) in [5.74, 6) is 0.657. The van der Waals surface area contributed by atoms with Crippen LogP contribution in [0.5, 0.6) is 17.4 Å². The first kappa shape index (κ1) is 27.5. The molecule has 8 nitrogen and oxygen atoms in total. The summed E-state index contributed by atoms with van der Waals surface area (Å²) >= 11 is 7.44. The minimum Gasteiger partial charge on any atom is -0.494 e. The summed E-state index contributed by atoms with van der Waals surface area (Å²) in [7, 11) is 5.26. The Morgan fingerprint density at radius 3 is 2.58 bits per heavy atom. The number of carbonyl (C=O) groups excluding carboxylic acids is 2. The molecule has 0 spiro atoms. The molecule has 2 aromatic carbocycles. The number of ether oxygens (including phenoxy) is 2. The topological polar surface area (TPSA) is 93.0 Å². The Morgan fingerprint density at radius 1 is 1.08 bits per heavy atom. The number of aromatic hydroxyl groups is 1. The molecule has 2 N–H and O–H groups in total. The zero-order valence-electron chi connectivity index (χ0n) is 21.5. The van der Waals surface area contributed by atoms with Crippen molar-refractivity contribution in [1.29, 1.82) is 0 Å². The molecule has 0 fully saturated rings. The van der Waals surface area contributed by atoms with Gasteiger partial charge in [0.25, 0.3) is 0 Å². The van der Waals surface area contributed by atoms with Gasteiger partial charge in [0.15, 0.2) is 11.5 Å². The van der Waals surface area contributed by atoms with Crippen molar-refractivity contribution in [3.05, 3.63) is 74.9 Å². The third kappa shape index (κ3) is 5.96. The van der Waals surface area contributed by atoms with E-state index in [4.69, 9.17) is 21.1 Å². The molecule has 1 amide bonds. The average Bonchev–Trinajstić information content (AvgIpc) is 3.55. The lowest BCUT2D eigenvalue weighted by Crippen LogP contribution is -2.31. The fourth-order valence-corrected chi connectivity index (χ4v) is 5.14. The average molecular weight is 556 g/mol. The van der Waals surface area contributed by atoms with Crippen LogP contribution < -0.4 is 14.8 Å². The predicted octanol–water partition coefficient (Wildman–Crippen LogP) is 5.43. The number of ketones is 1. The molecule has 200 valence electrons. The summed E-state index contributed by atoms with van der Waals surface area (Å²) < 4.78 is 11.8. The number of nitrogens with zero attached hydrogens (tertiary/aromatic N) is 2. The van der Waals surface area contributed by atoms with Crippen molar-refractivity contribution in [2.45, 2.75) is 12.8 Å². The van der Waals surface area contributed by atoms with E-state index in [1.165, 1.54) is 11.3 Å². The Labute approximate surface area is 230 Å². The van der Waals surface area contributed by atoms with Crippen molar-refractivity contribution in [2.24, 2.45) is 0 Å². The molecule has 38 heavy (non-hydrogen) atoms. The minimum absolute atomic E-state index is 0.0648. The summed E-state index contributed by atoms with van der Waals surface area (Å²) in [5, 5.41) is 16.4. The Hall–Kier alpha value is -3.53. The van der Waals surface area contributed by atoms with Crippen LogP contribution >= 0.6 is 22.9 Å². The highest BCUT2D eigenvalue weighted by Gasteiger charge is 2.27. The predicted molar refractivity (Wildman–Crippen MR) is 151 cm³/mol. The van der Waals surface area contributed by atoms with E-state index < -0.39 is 11.9 Å². The smallest absolute Gasteiger partial charge is 0.328 e. The highest BCUT2D eigenvalue weighted by Crippen LogP contribution is 2.35. The van der Waals surface area contributed by atoms with E-state index in [2.05, 4.69) is 10.2 Å². The SMILES string of the molecule is COc1ccc(CCN(C)CCCNC(=O)n2c(O)c(C(=O)c3cccs3)c3cc(Cl)ccc32)cc1OC. The number of fused-ring (bicyclic) bond motifs is 1. The van der Waals surface area contributed by atoms with Crippen molar-refractivity contribution in [3.8, 4) is 17.4 Å². The normalized spacial score (nSPS) is 11.2. The van der Waals surface area contributed by atoms with Gasteiger partial charge in [-0.1, -0.05) is 23.7 Å². The van der Waals surface area contributed by atoms with Crippen molar-refractivity contribution >= 4 is 45.7 Å². The van der Waals surface area contributed by atoms with Crippen LogP contribution in [0.4, 0.5) is 4.79 Å². The molecule has 0 saturated heterocycles. The number of thiophene rings is 1. The monoisotopic (exact) mass is 555 g/mol. The second-order valence-corrected chi connectivity index (χ2v) is 10.2. The molecule has 2 heterocycles. The van der Waals surface area contributed by atoms with E-state index in [1.807, 2.05) is 25.2 Å². The summed E-state index contributed by atoms with van der Waals surface area (Å²) in [4.78, 5) is 28.8. The fourth-order valence-electron chi connectivity index (χ4n) is 4.30. The van der Waals surface area contributed by atoms with Crippen LogP contribution in [0.2, 0.25) is 5.02 Å². The number of benzene rings is 2. The van der Waals surface area contributed by atoms with Gasteiger partial charge in [-0.25, -0.2) is 9.36 Å². The second kappa shape index (κ2) is 12.3. The van der Waals surface area contributed by atoms with Crippen LogP contribution in [0.1, 0.15) is 27.2 Å². The number of rotatable bonds is 11. The van der Waals surface area contributed by atoms with E-state index in [1.54, 1.807) is 49.9 Å². The molecule has 4 rings (SSSR count). The van der Waals surface area contributed by atoms with Crippen LogP contribution in [0.25, 0.3) is 10.9 Å². The second-order valence-electron chi connectivity index (χ2n) is 8.83. The molecular formula is C28H30ClN3O5S. The summed E-state index contributed by atoms with van der Waals surface area (Å²) in [6.45, 7) is 2.01. The number of halogens is 1. The number of hydrogen-bond acceptors (Lipinski definition) is 7. The molecule has 0 aliphatic rings. The first-order chi connectivity index (χ1) is 18.3. The maximum absolute atomic E-state index is 13.1. The lowest BCUT2D eigenvalue weighted by atomic mass is 10.1. The van der Waals surface area contributed by atoms with Gasteiger partial charge in [-0.2, -0.15) is 0 Å². The van der Waals surface area contributed by atoms with Gasteiger partial charge >= 0.3 is 6.03 Å². The van der Waals surface area contributed by atoms with Gasteiger partial charge in [-0.05, 0) is 73.8 Å². The zero-order chi connectivity index (χ0) is 27.2. The van der Waals surface area contributed by atoms with E-state index >= 15 is 0 Å². The Morgan fingerprint density at radius 2 is 1.87 bits per heavy atom. The molecule has 4 aromatic rings. The minimum atomic E-state index is -0.506. The highest BCUT2D eigenvalue weighted by atomic mass is 35.5. The van der Waals surface area contributed by atoms with Crippen LogP contribution in [-0.4, -0.2) is 67.3 Å². The molecule has 0 atom stereocenters. The fraction of sp³-hybridized carbons (Fsp3) is 0.286. The maximum Gasteiger partial charge on any atom is 0.328 e. The molecule has 2 aromatic heterocycles. The van der Waals surface area contributed by atoms with E-state index in [9.17, 15) is 14.7 Å². The number of hydrogen-bond donors (Lipinski definition) is 2. The van der Waals surface area contributed by atoms with Gasteiger partial charge in [-0.3, -0.25) is 4.79 Å². The van der Waals surface area contributed by atoms with E-state index in [0.717, 1.165) is 29.6 Å². The van der Waals surface area contributed by atoms with Crippen LogP contribution in [0.15, 0.2) is 53.9 Å². The first-order valence-electron chi connectivity index (χ1n) is 12.1. The third-order valence-corrected chi connectivity index (χ3v) is 7.41. The maximum atomic E-state index is 13.1. The van der Waals surface area contributed by atoms with E-state index in [-0.39, 0.29) is 11.3 Å². The van der Waals surface area contributed by atoms with Gasteiger partial charge in [0.2, 0.25) is 11.7 Å². The lowest BCUT2D eigenvalue weighted by molar-refractivity contribution is 0.104. The van der Waals surface area contributed by atoms with Gasteiger partial charge in [0.1, 0.15) is 0 Å². The lowest BCUT2D eigenvalue weighted by Gasteiger charge is -2.17. The largest absolute Gasteiger partial charge is 0.494 e. The van der Waals surface area contributed by atoms with Gasteiger partial charge in [0, 0.05) is 23.5 Å². The van der Waals surface area contributed by atoms with Crippen molar-refractivity contribution in [3.63, 3.8) is 0 Å². The quantitative estimate of drug-likeness (QED) is 0.189. The number of nitrogens with one attached hydrogen (secondary N) is 1. The molecule has 0 aliphatic carbocycles. The number of carbonyl (C=O) groups is 2. The first-order valence-corrected chi connectivity index (χ1v) is 13.4. The molecular weight excluding hydrogens is 526 g/mol. The number of methoxy groups -OCH3 is 2. The summed E-state index contributed by atoms with van der Waals surface area (Å²) in [6.07, 6.45) is 1.55. The summed E-state index contributed by atoms with van der Waals surface area (Å²) in [5.41, 5.74) is 1.62. The third-order valence-electron chi connectivity index (χ3n) is 6.30. The molecule has 0 radical (unpaired) electrons. The Kier molecular flexibility index (Phi) is 8.93. The summed E-state index contributed by atoms with van der Waals surface area (Å²) in [6, 6.07) is 13.7. The van der Waals surface area contributed by atoms with Gasteiger partial charge < -0.3 is 24.8 Å². The molecule has 0 bridgehead atoms. The number of likely N-dealkylation sites (N-methyl/N-ethyl adjacent to an activating group) is 1. The van der Waals surface area contributed by atoms with Crippen LogP contribution in [-0.2, 0) is 6.42 Å². The highest BCUT2D eigenvalue weighted by molar-refractivity contribution is 7.12. The Bertz CT molecular complexity index is 1430. The van der Waals surface area contributed by atoms with Crippen molar-refractivity contribution in [2.75, 3.05) is 40.9 Å². The van der Waals surface area contributed by atoms with Crippen molar-refractivity contribution in [1.82, 2.24) is 14.8 Å². The molecule has 0 unspecified atom stereocenters. The van der Waals surface area contributed by atoms with Crippen LogP contribution in [0.3, 0.4) is 0 Å². The number of aromatic nitrogens is 1. The number of amides is 1. The van der Waals surface area contributed by atoms with Gasteiger partial charge in [0.05, 0.1) is 30.2 Å². The van der Waals surface area contributed by atoms with Gasteiger partial charge in [-0.15, -0.1) is 11.3 Å². The molecule has 0 aliphatic heterocycles. The zero-order valence-corrected chi connectivity index (χ0v) is 23.1. The Balaban J connectivity index is 1.36. The standard InChI is InChI=1S/C28H30ClN3O5S/c1-31(14-11-18-7-10-22(36-2)23(16-18)37-3)13-5-12-30-28(35)32-21-9-8-19(29)17-20(21)25(27(32)34)26(33)24-6-4-15-38-24/h4,6-10,15-17,34H,5,11-14H2,1-3H3,(H,30,35). The molecule has 10 heteroatoms. The molecule has 0 saturated carbocycles. The van der Waals surface area contributed by atoms with Crippen molar-refractivity contribution < 1.29 is 24.2 Å². The van der Waals surface area contributed by atoms with E-state index in [0.29, 0.717) is 45.3 Å². The van der Waals surface area contributed by atoms with Crippen LogP contribution in [0, 0.1) is 0 Å².